The van der Waals surface area contributed by atoms with Crippen LogP contribution in [0.15, 0.2) is 54.7 Å². The van der Waals surface area contributed by atoms with Gasteiger partial charge in [-0.25, -0.2) is 9.97 Å². The summed E-state index contributed by atoms with van der Waals surface area (Å²) in [7, 11) is 1.67. The third kappa shape index (κ3) is 4.02. The fraction of sp³-hybridized carbons (Fsp3) is 0.296. The Morgan fingerprint density at radius 2 is 1.95 bits per heavy atom. The number of fused-ring (bicyclic) bond motifs is 9. The summed E-state index contributed by atoms with van der Waals surface area (Å²) < 4.78 is 33.6. The summed E-state index contributed by atoms with van der Waals surface area (Å²) in [4.78, 5) is 24.4. The van der Waals surface area contributed by atoms with Crippen molar-refractivity contribution in [3.8, 4) is 16.9 Å². The van der Waals surface area contributed by atoms with Gasteiger partial charge in [0.05, 0.1) is 23.1 Å². The summed E-state index contributed by atoms with van der Waals surface area (Å²) in [6.07, 6.45) is 3.30. The molecule has 0 aliphatic carbocycles. The van der Waals surface area contributed by atoms with Crippen LogP contribution in [-0.4, -0.2) is 58.6 Å². The minimum atomic E-state index is -2.99. The number of aromatic nitrogens is 3. The van der Waals surface area contributed by atoms with Crippen molar-refractivity contribution in [1.82, 2.24) is 19.4 Å². The highest BCUT2D eigenvalue weighted by atomic mass is 31.1. The molecule has 0 saturated carbocycles. The Balaban J connectivity index is 1.46. The first-order chi connectivity index (χ1) is 17.8. The number of carbonyl (C=O) groups excluding carboxylic acids is 1. The molecular weight excluding hydrogens is 495 g/mol. The van der Waals surface area contributed by atoms with E-state index in [0.717, 1.165) is 40.1 Å². The van der Waals surface area contributed by atoms with Gasteiger partial charge >= 0.3 is 6.61 Å². The summed E-state index contributed by atoms with van der Waals surface area (Å²) in [6.45, 7) is 1.43. The van der Waals surface area contributed by atoms with Gasteiger partial charge in [0.15, 0.2) is 0 Å². The van der Waals surface area contributed by atoms with Crippen LogP contribution in [0.2, 0.25) is 0 Å². The van der Waals surface area contributed by atoms with Gasteiger partial charge in [0, 0.05) is 42.6 Å². The lowest BCUT2D eigenvalue weighted by atomic mass is 9.97. The zero-order chi connectivity index (χ0) is 25.8. The number of imidazole rings is 1. The topological polar surface area (TPSA) is 72.3 Å². The van der Waals surface area contributed by atoms with Gasteiger partial charge in [0.2, 0.25) is 0 Å². The molecular formula is C27H26F2N5O2P. The van der Waals surface area contributed by atoms with E-state index in [1.54, 1.807) is 24.1 Å². The highest BCUT2D eigenvalue weighted by Gasteiger charge is 2.45. The van der Waals surface area contributed by atoms with E-state index >= 15 is 0 Å². The second kappa shape index (κ2) is 9.06. The summed E-state index contributed by atoms with van der Waals surface area (Å²) in [5.41, 5.74) is 4.47. The quantitative estimate of drug-likeness (QED) is 0.319. The number of amides is 1. The average molecular weight is 522 g/mol. The molecule has 1 amide bonds. The van der Waals surface area contributed by atoms with Crippen LogP contribution in [0, 0.1) is 0 Å². The number of rotatable bonds is 6. The third-order valence-electron chi connectivity index (χ3n) is 7.08. The van der Waals surface area contributed by atoms with Crippen molar-refractivity contribution in [3.63, 3.8) is 0 Å². The molecule has 2 atom stereocenters. The SMILES string of the molecule is CN1C(=O)c2cccc(OC(F)F)c2[C@H]2CC1c1nc3ccc(-c4ccc(NCP(C)C)nc4)cc3n12. The summed E-state index contributed by atoms with van der Waals surface area (Å²) in [6, 6.07) is 14.2. The lowest BCUT2D eigenvalue weighted by Gasteiger charge is -2.24. The molecule has 37 heavy (non-hydrogen) atoms. The van der Waals surface area contributed by atoms with Crippen molar-refractivity contribution in [2.24, 2.45) is 0 Å². The third-order valence-corrected chi connectivity index (χ3v) is 7.87. The molecule has 2 aromatic heterocycles. The van der Waals surface area contributed by atoms with Crippen LogP contribution < -0.4 is 10.1 Å². The monoisotopic (exact) mass is 521 g/mol. The Hall–Kier alpha value is -3.58. The van der Waals surface area contributed by atoms with E-state index in [0.29, 0.717) is 17.5 Å². The maximum absolute atomic E-state index is 13.3. The Labute approximate surface area is 214 Å². The molecule has 190 valence electrons. The molecule has 1 N–H and O–H groups in total. The van der Waals surface area contributed by atoms with Crippen molar-refractivity contribution in [3.05, 3.63) is 71.7 Å². The van der Waals surface area contributed by atoms with Gasteiger partial charge in [-0.3, -0.25) is 4.79 Å². The van der Waals surface area contributed by atoms with Gasteiger partial charge < -0.3 is 19.5 Å². The molecule has 1 unspecified atom stereocenters. The standard InChI is InChI=1S/C27H26F2N5O2P/c1-33-21-12-20(24-17(26(33)35)5-4-6-22(24)36-27(28)29)34-19-11-15(7-9-18(19)32-25(21)34)16-8-10-23(30-13-16)31-14-37(2)3/h4-11,13,20-21,27H,12,14H2,1-3H3,(H,30,31)/t20-,21?/m1/s1. The molecule has 0 radical (unpaired) electrons. The number of hydrogen-bond donors (Lipinski definition) is 1. The largest absolute Gasteiger partial charge is 0.434 e. The van der Waals surface area contributed by atoms with Crippen LogP contribution in [0.5, 0.6) is 5.75 Å². The van der Waals surface area contributed by atoms with Gasteiger partial charge in [0.1, 0.15) is 17.4 Å². The number of benzene rings is 2. The van der Waals surface area contributed by atoms with E-state index in [-0.39, 0.29) is 31.7 Å². The van der Waals surface area contributed by atoms with Crippen LogP contribution in [0.25, 0.3) is 22.2 Å². The zero-order valence-corrected chi connectivity index (χ0v) is 21.5. The molecule has 0 fully saturated rings. The second-order valence-corrected chi connectivity index (χ2v) is 12.1. The van der Waals surface area contributed by atoms with Crippen molar-refractivity contribution in [1.29, 1.82) is 0 Å². The van der Waals surface area contributed by atoms with Crippen LogP contribution in [0.1, 0.15) is 40.3 Å². The van der Waals surface area contributed by atoms with Crippen LogP contribution >= 0.6 is 7.92 Å². The molecule has 6 rings (SSSR count). The molecule has 0 spiro atoms. The molecule has 2 aliphatic rings. The molecule has 7 nitrogen and oxygen atoms in total. The van der Waals surface area contributed by atoms with Gasteiger partial charge in [0.25, 0.3) is 5.91 Å². The number of pyridine rings is 1. The number of anilines is 1. The molecule has 4 heterocycles. The van der Waals surface area contributed by atoms with Crippen molar-refractivity contribution < 1.29 is 18.3 Å². The van der Waals surface area contributed by atoms with Gasteiger partial charge in [-0.15, -0.1) is 0 Å². The molecule has 2 aromatic carbocycles. The number of nitrogens with one attached hydrogen (secondary N) is 1. The Morgan fingerprint density at radius 3 is 2.68 bits per heavy atom. The van der Waals surface area contributed by atoms with E-state index in [1.165, 1.54) is 6.07 Å². The maximum atomic E-state index is 13.3. The Morgan fingerprint density at radius 1 is 1.14 bits per heavy atom. The Bertz CT molecular complexity index is 1500. The van der Waals surface area contributed by atoms with Crippen LogP contribution in [-0.2, 0) is 0 Å². The Kier molecular flexibility index (Phi) is 5.83. The van der Waals surface area contributed by atoms with E-state index < -0.39 is 6.61 Å². The maximum Gasteiger partial charge on any atom is 0.387 e. The number of alkyl halides is 2. The fourth-order valence-corrected chi connectivity index (χ4v) is 5.85. The number of ether oxygens (including phenoxy) is 1. The molecule has 0 saturated heterocycles. The van der Waals surface area contributed by atoms with Gasteiger partial charge in [-0.05, 0) is 55.3 Å². The summed E-state index contributed by atoms with van der Waals surface area (Å²) in [5.74, 6) is 1.39. The number of halogens is 2. The molecule has 10 heteroatoms. The summed E-state index contributed by atoms with van der Waals surface area (Å²) >= 11 is 0. The van der Waals surface area contributed by atoms with E-state index in [4.69, 9.17) is 9.72 Å². The average Bonchev–Trinajstić information content (AvgIpc) is 3.40. The number of hydrogen-bond acceptors (Lipinski definition) is 5. The number of carbonyl (C=O) groups is 1. The van der Waals surface area contributed by atoms with E-state index in [2.05, 4.69) is 34.3 Å². The first-order valence-electron chi connectivity index (χ1n) is 12.0. The first kappa shape index (κ1) is 23.8. The second-order valence-electron chi connectivity index (χ2n) is 9.67. The minimum Gasteiger partial charge on any atom is -0.434 e. The fourth-order valence-electron chi connectivity index (χ4n) is 5.37. The zero-order valence-electron chi connectivity index (χ0n) is 20.7. The van der Waals surface area contributed by atoms with Gasteiger partial charge in [-0.2, -0.15) is 8.78 Å². The highest BCUT2D eigenvalue weighted by molar-refractivity contribution is 7.56. The minimum absolute atomic E-state index is 0.0286. The van der Waals surface area contributed by atoms with Crippen molar-refractivity contribution in [2.45, 2.75) is 25.1 Å². The van der Waals surface area contributed by atoms with Crippen LogP contribution in [0.4, 0.5) is 14.6 Å². The van der Waals surface area contributed by atoms with E-state index in [9.17, 15) is 13.6 Å². The predicted molar refractivity (Wildman–Crippen MR) is 141 cm³/mol. The highest BCUT2D eigenvalue weighted by Crippen LogP contribution is 2.50. The van der Waals surface area contributed by atoms with Crippen LogP contribution in [0.3, 0.4) is 0 Å². The molecule has 2 bridgehead atoms. The van der Waals surface area contributed by atoms with E-state index in [1.807, 2.05) is 30.5 Å². The predicted octanol–water partition coefficient (Wildman–Crippen LogP) is 5.93. The summed E-state index contributed by atoms with van der Waals surface area (Å²) in [5, 5.41) is 3.36. The van der Waals surface area contributed by atoms with Crippen molar-refractivity contribution in [2.75, 3.05) is 32.0 Å². The van der Waals surface area contributed by atoms with Crippen molar-refractivity contribution >= 4 is 30.7 Å². The first-order valence-corrected chi connectivity index (χ1v) is 14.5. The molecule has 2 aliphatic heterocycles. The molecule has 4 aromatic rings. The number of nitrogens with zero attached hydrogens (tertiary/aromatic N) is 4. The van der Waals surface area contributed by atoms with Gasteiger partial charge in [-0.1, -0.05) is 20.1 Å². The lowest BCUT2D eigenvalue weighted by Crippen LogP contribution is -2.30. The normalized spacial score (nSPS) is 18.4. The lowest BCUT2D eigenvalue weighted by molar-refractivity contribution is -0.0507. The smallest absolute Gasteiger partial charge is 0.387 e.